The molecule has 0 saturated carbocycles. The number of rotatable bonds is 8. The van der Waals surface area contributed by atoms with Gasteiger partial charge in [-0.2, -0.15) is 0 Å². The van der Waals surface area contributed by atoms with Crippen molar-refractivity contribution in [1.82, 2.24) is 4.90 Å². The lowest BCUT2D eigenvalue weighted by atomic mass is 10.1. The third kappa shape index (κ3) is 5.94. The summed E-state index contributed by atoms with van der Waals surface area (Å²) in [4.78, 5) is 2.46. The van der Waals surface area contributed by atoms with Gasteiger partial charge in [-0.15, -0.1) is 11.6 Å². The third-order valence-electron chi connectivity index (χ3n) is 3.28. The van der Waals surface area contributed by atoms with Crippen molar-refractivity contribution < 1.29 is 0 Å². The monoisotopic (exact) mass is 291 g/mol. The number of nitrogens with zero attached hydrogens (tertiary/aromatic N) is 1. The Balaban J connectivity index is 2.67. The fourth-order valence-corrected chi connectivity index (χ4v) is 2.37. The molecule has 0 aliphatic rings. The first kappa shape index (κ1) is 17.0. The van der Waals surface area contributed by atoms with Crippen molar-refractivity contribution in [3.63, 3.8) is 0 Å². The summed E-state index contributed by atoms with van der Waals surface area (Å²) in [5.74, 6) is 0.586. The molecule has 0 aromatic heterocycles. The lowest BCUT2D eigenvalue weighted by Gasteiger charge is -2.21. The fourth-order valence-electron chi connectivity index (χ4n) is 2.19. The second kappa shape index (κ2) is 9.79. The predicted molar refractivity (Wildman–Crippen MR) is 90.1 cm³/mol. The van der Waals surface area contributed by atoms with Crippen LogP contribution in [0, 0.1) is 0 Å². The lowest BCUT2D eigenvalue weighted by molar-refractivity contribution is 0.306. The Kier molecular flexibility index (Phi) is 8.32. The first-order chi connectivity index (χ1) is 9.73. The van der Waals surface area contributed by atoms with Gasteiger partial charge in [0.2, 0.25) is 0 Å². The number of alkyl halides is 1. The molecule has 0 unspecified atom stereocenters. The van der Waals surface area contributed by atoms with Crippen LogP contribution in [-0.2, 0) is 12.4 Å². The van der Waals surface area contributed by atoms with E-state index >= 15 is 0 Å². The van der Waals surface area contributed by atoms with E-state index < -0.39 is 0 Å². The van der Waals surface area contributed by atoms with Crippen LogP contribution in [0.5, 0.6) is 0 Å². The number of likely N-dealkylation sites (N-methyl/N-ethyl adjacent to an activating group) is 1. The molecule has 0 bridgehead atoms. The second-order valence-electron chi connectivity index (χ2n) is 4.94. The summed E-state index contributed by atoms with van der Waals surface area (Å²) < 4.78 is 0. The maximum Gasteiger partial charge on any atom is 0.0474 e. The van der Waals surface area contributed by atoms with Crippen LogP contribution in [0.1, 0.15) is 38.3 Å². The van der Waals surface area contributed by atoms with Gasteiger partial charge < -0.3 is 0 Å². The lowest BCUT2D eigenvalue weighted by Crippen LogP contribution is -2.25. The summed E-state index contributed by atoms with van der Waals surface area (Å²) in [5, 5.41) is 0. The van der Waals surface area contributed by atoms with Crippen LogP contribution in [0.4, 0.5) is 0 Å². The van der Waals surface area contributed by atoms with Crippen LogP contribution in [0.15, 0.2) is 48.1 Å². The molecule has 0 N–H and O–H groups in total. The highest BCUT2D eigenvalue weighted by atomic mass is 35.5. The number of halogens is 1. The van der Waals surface area contributed by atoms with Gasteiger partial charge in [-0.3, -0.25) is 4.90 Å². The van der Waals surface area contributed by atoms with E-state index in [1.165, 1.54) is 16.7 Å². The van der Waals surface area contributed by atoms with E-state index in [9.17, 15) is 0 Å². The summed E-state index contributed by atoms with van der Waals surface area (Å²) in [6, 6.07) is 8.59. The van der Waals surface area contributed by atoms with Crippen molar-refractivity contribution in [2.24, 2.45) is 0 Å². The van der Waals surface area contributed by atoms with Gasteiger partial charge in [-0.25, -0.2) is 0 Å². The minimum atomic E-state index is 0.586. The standard InChI is InChI=1S/C18H26ClN/c1-4-7-17(8-5-2)14-20(6-3)15-18-11-9-16(13-19)10-12-18/h4,7-12H,5-6,13-15H2,1-3H3/b7-4-,17-8+. The van der Waals surface area contributed by atoms with Crippen LogP contribution < -0.4 is 0 Å². The highest BCUT2D eigenvalue weighted by Crippen LogP contribution is 2.11. The van der Waals surface area contributed by atoms with Gasteiger partial charge in [0.1, 0.15) is 0 Å². The maximum atomic E-state index is 5.83. The van der Waals surface area contributed by atoms with Crippen LogP contribution >= 0.6 is 11.6 Å². The molecule has 110 valence electrons. The molecule has 0 heterocycles. The minimum absolute atomic E-state index is 0.586. The molecule has 0 saturated heterocycles. The van der Waals surface area contributed by atoms with Gasteiger partial charge in [0.25, 0.3) is 0 Å². The molecule has 1 aromatic rings. The summed E-state index contributed by atoms with van der Waals surface area (Å²) in [5.41, 5.74) is 3.92. The van der Waals surface area contributed by atoms with E-state index in [0.29, 0.717) is 5.88 Å². The number of hydrogen-bond donors (Lipinski definition) is 0. The van der Waals surface area contributed by atoms with Gasteiger partial charge in [-0.1, -0.05) is 56.3 Å². The van der Waals surface area contributed by atoms with E-state index in [2.05, 4.69) is 68.2 Å². The fraction of sp³-hybridized carbons (Fsp3) is 0.444. The molecule has 20 heavy (non-hydrogen) atoms. The summed E-state index contributed by atoms with van der Waals surface area (Å²) in [6.45, 7) is 9.52. The quantitative estimate of drug-likeness (QED) is 0.472. The molecular formula is C18H26ClN. The topological polar surface area (TPSA) is 3.24 Å². The predicted octanol–water partition coefficient (Wildman–Crippen LogP) is 5.16. The molecule has 0 aliphatic heterocycles. The van der Waals surface area contributed by atoms with Crippen LogP contribution in [0.25, 0.3) is 0 Å². The summed E-state index contributed by atoms with van der Waals surface area (Å²) in [6.07, 6.45) is 7.72. The van der Waals surface area contributed by atoms with Gasteiger partial charge in [-0.05, 0) is 36.6 Å². The summed E-state index contributed by atoms with van der Waals surface area (Å²) >= 11 is 5.83. The molecule has 0 aliphatic carbocycles. The van der Waals surface area contributed by atoms with Crippen molar-refractivity contribution in [3.05, 3.63) is 59.2 Å². The first-order valence-electron chi connectivity index (χ1n) is 7.41. The SMILES string of the molecule is C/C=C\C(=C/CC)CN(CC)Cc1ccc(CCl)cc1. The molecule has 0 fully saturated rings. The van der Waals surface area contributed by atoms with Crippen molar-refractivity contribution in [2.75, 3.05) is 13.1 Å². The molecular weight excluding hydrogens is 266 g/mol. The Labute approximate surface area is 128 Å². The van der Waals surface area contributed by atoms with E-state index in [1.54, 1.807) is 0 Å². The zero-order valence-corrected chi connectivity index (χ0v) is 13.7. The normalized spacial score (nSPS) is 12.6. The Morgan fingerprint density at radius 1 is 1.15 bits per heavy atom. The Morgan fingerprint density at radius 2 is 1.80 bits per heavy atom. The molecule has 2 heteroatoms. The largest absolute Gasteiger partial charge is 0.295 e. The average Bonchev–Trinajstić information content (AvgIpc) is 2.47. The molecule has 1 rings (SSSR count). The third-order valence-corrected chi connectivity index (χ3v) is 3.59. The van der Waals surface area contributed by atoms with Gasteiger partial charge >= 0.3 is 0 Å². The highest BCUT2D eigenvalue weighted by molar-refractivity contribution is 6.17. The Hall–Kier alpha value is -1.05. The van der Waals surface area contributed by atoms with E-state index in [-0.39, 0.29) is 0 Å². The van der Waals surface area contributed by atoms with Crippen molar-refractivity contribution in [1.29, 1.82) is 0 Å². The van der Waals surface area contributed by atoms with Crippen molar-refractivity contribution >= 4 is 11.6 Å². The van der Waals surface area contributed by atoms with Crippen molar-refractivity contribution in [3.8, 4) is 0 Å². The molecule has 1 nitrogen and oxygen atoms in total. The molecule has 0 spiro atoms. The minimum Gasteiger partial charge on any atom is -0.295 e. The zero-order valence-electron chi connectivity index (χ0n) is 12.9. The van der Waals surface area contributed by atoms with Crippen LogP contribution in [-0.4, -0.2) is 18.0 Å². The number of benzene rings is 1. The summed E-state index contributed by atoms with van der Waals surface area (Å²) in [7, 11) is 0. The van der Waals surface area contributed by atoms with E-state index in [4.69, 9.17) is 11.6 Å². The van der Waals surface area contributed by atoms with Crippen LogP contribution in [0.2, 0.25) is 0 Å². The first-order valence-corrected chi connectivity index (χ1v) is 7.94. The Bertz CT molecular complexity index is 431. The van der Waals surface area contributed by atoms with Gasteiger partial charge in [0.05, 0.1) is 0 Å². The van der Waals surface area contributed by atoms with Gasteiger partial charge in [0.15, 0.2) is 0 Å². The van der Waals surface area contributed by atoms with Crippen molar-refractivity contribution in [2.45, 2.75) is 39.6 Å². The highest BCUT2D eigenvalue weighted by Gasteiger charge is 2.05. The van der Waals surface area contributed by atoms with Gasteiger partial charge in [0, 0.05) is 19.0 Å². The van der Waals surface area contributed by atoms with Crippen LogP contribution in [0.3, 0.4) is 0 Å². The molecule has 0 radical (unpaired) electrons. The molecule has 0 amide bonds. The average molecular weight is 292 g/mol. The number of hydrogen-bond acceptors (Lipinski definition) is 1. The van der Waals surface area contributed by atoms with E-state index in [0.717, 1.165) is 26.1 Å². The Morgan fingerprint density at radius 3 is 2.30 bits per heavy atom. The zero-order chi connectivity index (χ0) is 14.8. The molecule has 0 atom stereocenters. The second-order valence-corrected chi connectivity index (χ2v) is 5.21. The number of allylic oxidation sites excluding steroid dienone is 2. The smallest absolute Gasteiger partial charge is 0.0474 e. The maximum absolute atomic E-state index is 5.83. The molecule has 1 aromatic carbocycles. The van der Waals surface area contributed by atoms with E-state index in [1.807, 2.05) is 0 Å².